The van der Waals surface area contributed by atoms with Gasteiger partial charge in [-0.25, -0.2) is 4.98 Å². The SMILES string of the molecule is N#Cc1ccc(CNC(=O)[C@@H]2Cc3nc[nH]c3CN2)cc1. The fourth-order valence-electron chi connectivity index (χ4n) is 2.36. The molecule has 0 unspecified atom stereocenters. The second-order valence-corrected chi connectivity index (χ2v) is 4.99. The maximum atomic E-state index is 12.2. The summed E-state index contributed by atoms with van der Waals surface area (Å²) in [5.74, 6) is -0.0343. The second-order valence-electron chi connectivity index (χ2n) is 4.99. The van der Waals surface area contributed by atoms with Gasteiger partial charge in [-0.2, -0.15) is 5.26 Å². The van der Waals surface area contributed by atoms with E-state index in [9.17, 15) is 4.79 Å². The normalized spacial score (nSPS) is 16.8. The van der Waals surface area contributed by atoms with E-state index in [1.165, 1.54) is 0 Å². The average molecular weight is 281 g/mol. The van der Waals surface area contributed by atoms with E-state index >= 15 is 0 Å². The zero-order valence-electron chi connectivity index (χ0n) is 11.4. The molecule has 2 heterocycles. The summed E-state index contributed by atoms with van der Waals surface area (Å²) in [6.45, 7) is 1.08. The van der Waals surface area contributed by atoms with Crippen LogP contribution in [0.5, 0.6) is 0 Å². The molecular weight excluding hydrogens is 266 g/mol. The van der Waals surface area contributed by atoms with Crippen molar-refractivity contribution in [2.24, 2.45) is 0 Å². The summed E-state index contributed by atoms with van der Waals surface area (Å²) in [6, 6.07) is 9.00. The molecule has 1 aliphatic heterocycles. The van der Waals surface area contributed by atoms with Crippen LogP contribution in [0.4, 0.5) is 0 Å². The summed E-state index contributed by atoms with van der Waals surface area (Å²) in [7, 11) is 0. The Bertz CT molecular complexity index is 683. The van der Waals surface area contributed by atoms with E-state index in [-0.39, 0.29) is 11.9 Å². The molecule has 1 amide bonds. The highest BCUT2D eigenvalue weighted by atomic mass is 16.2. The Morgan fingerprint density at radius 1 is 1.43 bits per heavy atom. The second kappa shape index (κ2) is 5.77. The number of nitrogens with one attached hydrogen (secondary N) is 3. The Morgan fingerprint density at radius 3 is 3.00 bits per heavy atom. The van der Waals surface area contributed by atoms with Crippen LogP contribution in [0.3, 0.4) is 0 Å². The van der Waals surface area contributed by atoms with Gasteiger partial charge in [0.1, 0.15) is 0 Å². The molecule has 106 valence electrons. The molecular formula is C15H15N5O. The lowest BCUT2D eigenvalue weighted by Gasteiger charge is -2.22. The minimum absolute atomic E-state index is 0.0343. The highest BCUT2D eigenvalue weighted by molar-refractivity contribution is 5.82. The largest absolute Gasteiger partial charge is 0.351 e. The van der Waals surface area contributed by atoms with Gasteiger partial charge in [0.05, 0.1) is 35.4 Å². The van der Waals surface area contributed by atoms with Crippen molar-refractivity contribution in [1.29, 1.82) is 5.26 Å². The van der Waals surface area contributed by atoms with Gasteiger partial charge in [-0.1, -0.05) is 12.1 Å². The van der Waals surface area contributed by atoms with Gasteiger partial charge in [0, 0.05) is 19.5 Å². The van der Waals surface area contributed by atoms with Crippen molar-refractivity contribution in [3.63, 3.8) is 0 Å². The van der Waals surface area contributed by atoms with Gasteiger partial charge in [0.15, 0.2) is 0 Å². The summed E-state index contributed by atoms with van der Waals surface area (Å²) in [6.07, 6.45) is 2.25. The summed E-state index contributed by atoms with van der Waals surface area (Å²) in [5.41, 5.74) is 3.59. The molecule has 6 heteroatoms. The quantitative estimate of drug-likeness (QED) is 0.768. The number of aromatic amines is 1. The van der Waals surface area contributed by atoms with Gasteiger partial charge in [-0.05, 0) is 17.7 Å². The lowest BCUT2D eigenvalue weighted by Crippen LogP contribution is -2.47. The van der Waals surface area contributed by atoms with Crippen molar-refractivity contribution in [1.82, 2.24) is 20.6 Å². The first kappa shape index (κ1) is 13.3. The molecule has 0 spiro atoms. The third kappa shape index (κ3) is 2.93. The minimum Gasteiger partial charge on any atom is -0.351 e. The lowest BCUT2D eigenvalue weighted by atomic mass is 10.0. The van der Waals surface area contributed by atoms with Gasteiger partial charge in [0.25, 0.3) is 0 Å². The van der Waals surface area contributed by atoms with E-state index in [0.29, 0.717) is 25.1 Å². The van der Waals surface area contributed by atoms with Gasteiger partial charge < -0.3 is 10.3 Å². The zero-order valence-corrected chi connectivity index (χ0v) is 11.4. The number of carbonyl (C=O) groups excluding carboxylic acids is 1. The molecule has 3 N–H and O–H groups in total. The minimum atomic E-state index is -0.251. The van der Waals surface area contributed by atoms with Crippen LogP contribution in [0.25, 0.3) is 0 Å². The third-order valence-corrected chi connectivity index (χ3v) is 3.60. The van der Waals surface area contributed by atoms with Crippen LogP contribution in [0.1, 0.15) is 22.5 Å². The number of carbonyl (C=O) groups is 1. The molecule has 21 heavy (non-hydrogen) atoms. The molecule has 0 fully saturated rings. The first-order valence-electron chi connectivity index (χ1n) is 6.77. The molecule has 1 aromatic heterocycles. The Labute approximate surface area is 122 Å². The standard InChI is InChI=1S/C15H15N5O/c16-6-10-1-3-11(4-2-10)7-18-15(21)13-5-12-14(8-17-13)20-9-19-12/h1-4,9,13,17H,5,7-8H2,(H,18,21)(H,19,20)/t13-/m0/s1. The van der Waals surface area contributed by atoms with Crippen LogP contribution in [-0.4, -0.2) is 21.9 Å². The zero-order chi connectivity index (χ0) is 14.7. The molecule has 0 saturated heterocycles. The number of H-pyrrole nitrogens is 1. The number of imidazole rings is 1. The number of nitriles is 1. The lowest BCUT2D eigenvalue weighted by molar-refractivity contribution is -0.123. The van der Waals surface area contributed by atoms with E-state index in [1.54, 1.807) is 18.5 Å². The molecule has 2 aromatic rings. The highest BCUT2D eigenvalue weighted by Gasteiger charge is 2.25. The molecule has 0 saturated carbocycles. The number of hydrogen-bond donors (Lipinski definition) is 3. The molecule has 6 nitrogen and oxygen atoms in total. The molecule has 1 aliphatic rings. The molecule has 0 radical (unpaired) electrons. The Kier molecular flexibility index (Phi) is 3.67. The monoisotopic (exact) mass is 281 g/mol. The van der Waals surface area contributed by atoms with Gasteiger partial charge in [-0.15, -0.1) is 0 Å². The van der Waals surface area contributed by atoms with E-state index in [4.69, 9.17) is 5.26 Å². The fourth-order valence-corrected chi connectivity index (χ4v) is 2.36. The van der Waals surface area contributed by atoms with Crippen molar-refractivity contribution in [2.45, 2.75) is 25.6 Å². The van der Waals surface area contributed by atoms with Gasteiger partial charge in [-0.3, -0.25) is 10.1 Å². The number of fused-ring (bicyclic) bond motifs is 1. The van der Waals surface area contributed by atoms with E-state index < -0.39 is 0 Å². The molecule has 0 aliphatic carbocycles. The number of benzene rings is 1. The Hall–Kier alpha value is -2.65. The van der Waals surface area contributed by atoms with Crippen molar-refractivity contribution >= 4 is 5.91 Å². The summed E-state index contributed by atoms with van der Waals surface area (Å²) in [4.78, 5) is 19.4. The van der Waals surface area contributed by atoms with Crippen LogP contribution >= 0.6 is 0 Å². The molecule has 1 atom stereocenters. The number of amides is 1. The number of rotatable bonds is 3. The van der Waals surface area contributed by atoms with E-state index in [1.807, 2.05) is 12.1 Å². The highest BCUT2D eigenvalue weighted by Crippen LogP contribution is 2.12. The van der Waals surface area contributed by atoms with Crippen LogP contribution in [0, 0.1) is 11.3 Å². The fraction of sp³-hybridized carbons (Fsp3) is 0.267. The van der Waals surface area contributed by atoms with Crippen molar-refractivity contribution in [3.8, 4) is 6.07 Å². The smallest absolute Gasteiger partial charge is 0.237 e. The van der Waals surface area contributed by atoms with Crippen LogP contribution in [0.15, 0.2) is 30.6 Å². The average Bonchev–Trinajstić information content (AvgIpc) is 3.00. The molecule has 0 bridgehead atoms. The number of hydrogen-bond acceptors (Lipinski definition) is 4. The summed E-state index contributed by atoms with van der Waals surface area (Å²) < 4.78 is 0. The number of nitrogens with zero attached hydrogens (tertiary/aromatic N) is 2. The van der Waals surface area contributed by atoms with Gasteiger partial charge >= 0.3 is 0 Å². The molecule has 3 rings (SSSR count). The Balaban J connectivity index is 1.56. The maximum absolute atomic E-state index is 12.2. The maximum Gasteiger partial charge on any atom is 0.237 e. The predicted octanol–water partition coefficient (Wildman–Crippen LogP) is 0.612. The van der Waals surface area contributed by atoms with E-state index in [2.05, 4.69) is 26.7 Å². The Morgan fingerprint density at radius 2 is 2.24 bits per heavy atom. The van der Waals surface area contributed by atoms with Crippen LogP contribution in [-0.2, 0) is 24.3 Å². The van der Waals surface area contributed by atoms with Crippen molar-refractivity contribution < 1.29 is 4.79 Å². The molecule has 1 aromatic carbocycles. The first-order valence-corrected chi connectivity index (χ1v) is 6.77. The predicted molar refractivity (Wildman–Crippen MR) is 75.9 cm³/mol. The van der Waals surface area contributed by atoms with Crippen LogP contribution in [0.2, 0.25) is 0 Å². The summed E-state index contributed by atoms with van der Waals surface area (Å²) in [5, 5.41) is 14.8. The summed E-state index contributed by atoms with van der Waals surface area (Å²) >= 11 is 0. The van der Waals surface area contributed by atoms with Crippen molar-refractivity contribution in [2.75, 3.05) is 0 Å². The first-order chi connectivity index (χ1) is 10.3. The van der Waals surface area contributed by atoms with E-state index in [0.717, 1.165) is 17.0 Å². The topological polar surface area (TPSA) is 93.6 Å². The third-order valence-electron chi connectivity index (χ3n) is 3.60. The number of aromatic nitrogens is 2. The van der Waals surface area contributed by atoms with Crippen molar-refractivity contribution in [3.05, 3.63) is 53.1 Å². The van der Waals surface area contributed by atoms with Crippen LogP contribution < -0.4 is 10.6 Å². The van der Waals surface area contributed by atoms with Gasteiger partial charge in [0.2, 0.25) is 5.91 Å².